The second-order valence-electron chi connectivity index (χ2n) is 4.82. The summed E-state index contributed by atoms with van der Waals surface area (Å²) in [6.07, 6.45) is 0. The minimum absolute atomic E-state index is 0.00735. The first kappa shape index (κ1) is 16.3. The van der Waals surface area contributed by atoms with E-state index in [4.69, 9.17) is 14.6 Å². The maximum Gasteiger partial charge on any atom is 0.254 e. The van der Waals surface area contributed by atoms with Crippen molar-refractivity contribution in [2.75, 3.05) is 27.4 Å². The van der Waals surface area contributed by atoms with Gasteiger partial charge in [-0.1, -0.05) is 0 Å². The minimum atomic E-state index is -0.148. The summed E-state index contributed by atoms with van der Waals surface area (Å²) in [5, 5.41) is 9.08. The first-order valence-electron chi connectivity index (χ1n) is 6.60. The van der Waals surface area contributed by atoms with Gasteiger partial charge in [-0.05, 0) is 32.9 Å². The molecule has 0 fully saturated rings. The number of ether oxygens (including phenoxy) is 2. The van der Waals surface area contributed by atoms with Gasteiger partial charge in [0.15, 0.2) is 0 Å². The van der Waals surface area contributed by atoms with Crippen molar-refractivity contribution in [2.45, 2.75) is 26.8 Å². The van der Waals surface area contributed by atoms with Crippen molar-refractivity contribution in [3.05, 3.63) is 23.3 Å². The molecule has 0 saturated heterocycles. The summed E-state index contributed by atoms with van der Waals surface area (Å²) < 4.78 is 10.6. The average Bonchev–Trinajstić information content (AvgIpc) is 2.43. The lowest BCUT2D eigenvalue weighted by Gasteiger charge is -2.26. The molecule has 0 heterocycles. The summed E-state index contributed by atoms with van der Waals surface area (Å²) in [6.45, 7) is 5.94. The van der Waals surface area contributed by atoms with Crippen LogP contribution in [0.3, 0.4) is 0 Å². The van der Waals surface area contributed by atoms with Gasteiger partial charge in [-0.3, -0.25) is 4.79 Å². The monoisotopic (exact) mass is 281 g/mol. The highest BCUT2D eigenvalue weighted by Gasteiger charge is 2.21. The van der Waals surface area contributed by atoms with Crippen molar-refractivity contribution in [1.82, 2.24) is 4.90 Å². The van der Waals surface area contributed by atoms with Gasteiger partial charge in [0, 0.05) is 23.7 Å². The van der Waals surface area contributed by atoms with Crippen molar-refractivity contribution in [2.24, 2.45) is 0 Å². The van der Waals surface area contributed by atoms with E-state index in [1.54, 1.807) is 31.3 Å². The summed E-state index contributed by atoms with van der Waals surface area (Å²) in [6, 6.07) is 3.41. The van der Waals surface area contributed by atoms with Gasteiger partial charge in [-0.25, -0.2) is 0 Å². The topological polar surface area (TPSA) is 59.0 Å². The average molecular weight is 281 g/mol. The fourth-order valence-electron chi connectivity index (χ4n) is 2.08. The van der Waals surface area contributed by atoms with Gasteiger partial charge in [-0.2, -0.15) is 0 Å². The molecule has 1 amide bonds. The quantitative estimate of drug-likeness (QED) is 0.864. The van der Waals surface area contributed by atoms with Crippen molar-refractivity contribution < 1.29 is 19.4 Å². The van der Waals surface area contributed by atoms with E-state index in [9.17, 15) is 4.79 Å². The maximum absolute atomic E-state index is 12.5. The molecule has 20 heavy (non-hydrogen) atoms. The molecule has 0 aliphatic heterocycles. The van der Waals surface area contributed by atoms with Gasteiger partial charge in [0.05, 0.1) is 20.8 Å². The van der Waals surface area contributed by atoms with E-state index in [-0.39, 0.29) is 18.6 Å². The number of aliphatic hydroxyl groups excluding tert-OH is 1. The van der Waals surface area contributed by atoms with E-state index < -0.39 is 0 Å². The Morgan fingerprint density at radius 2 is 1.75 bits per heavy atom. The second kappa shape index (κ2) is 7.14. The number of amides is 1. The number of hydrogen-bond acceptors (Lipinski definition) is 4. The lowest BCUT2D eigenvalue weighted by molar-refractivity contribution is 0.0664. The molecule has 112 valence electrons. The Morgan fingerprint density at radius 3 is 2.10 bits per heavy atom. The Hall–Kier alpha value is -1.75. The number of benzene rings is 1. The van der Waals surface area contributed by atoms with Crippen LogP contribution in [0.4, 0.5) is 0 Å². The molecule has 0 atom stereocenters. The molecule has 0 aliphatic rings. The number of nitrogens with zero attached hydrogens (tertiary/aromatic N) is 1. The minimum Gasteiger partial charge on any atom is -0.496 e. The number of hydrogen-bond donors (Lipinski definition) is 1. The Balaban J connectivity index is 3.20. The van der Waals surface area contributed by atoms with Crippen LogP contribution in [0.2, 0.25) is 0 Å². The zero-order valence-electron chi connectivity index (χ0n) is 12.8. The van der Waals surface area contributed by atoms with Crippen LogP contribution in [-0.4, -0.2) is 49.3 Å². The van der Waals surface area contributed by atoms with Gasteiger partial charge in [-0.15, -0.1) is 0 Å². The van der Waals surface area contributed by atoms with Crippen molar-refractivity contribution in [3.8, 4) is 11.5 Å². The highest BCUT2D eigenvalue weighted by atomic mass is 16.5. The molecule has 0 saturated carbocycles. The van der Waals surface area contributed by atoms with Crippen LogP contribution in [-0.2, 0) is 0 Å². The van der Waals surface area contributed by atoms with E-state index in [1.165, 1.54) is 0 Å². The molecule has 0 aliphatic carbocycles. The molecule has 1 aromatic carbocycles. The molecule has 0 bridgehead atoms. The first-order chi connectivity index (χ1) is 9.46. The molecule has 0 radical (unpaired) electrons. The molecule has 1 aromatic rings. The van der Waals surface area contributed by atoms with E-state index in [0.717, 1.165) is 5.56 Å². The van der Waals surface area contributed by atoms with Crippen molar-refractivity contribution in [1.29, 1.82) is 0 Å². The van der Waals surface area contributed by atoms with Crippen LogP contribution in [0.25, 0.3) is 0 Å². The van der Waals surface area contributed by atoms with E-state index >= 15 is 0 Å². The number of rotatable bonds is 6. The number of methoxy groups -OCH3 is 2. The zero-order valence-corrected chi connectivity index (χ0v) is 12.8. The summed E-state index contributed by atoms with van der Waals surface area (Å²) in [5.74, 6) is 1.08. The number of aliphatic hydroxyl groups is 1. The highest BCUT2D eigenvalue weighted by Crippen LogP contribution is 2.30. The van der Waals surface area contributed by atoms with Gasteiger partial charge in [0.1, 0.15) is 11.5 Å². The van der Waals surface area contributed by atoms with Gasteiger partial charge in [0.25, 0.3) is 5.91 Å². The van der Waals surface area contributed by atoms with Crippen LogP contribution in [0.5, 0.6) is 11.5 Å². The zero-order chi connectivity index (χ0) is 15.3. The second-order valence-corrected chi connectivity index (χ2v) is 4.82. The Labute approximate surface area is 120 Å². The standard InChI is InChI=1S/C15H23NO4/c1-10(2)16(6-7-17)15(18)12-8-13(19-4)11(3)14(9-12)20-5/h8-10,17H,6-7H2,1-5H3. The highest BCUT2D eigenvalue weighted by molar-refractivity contribution is 5.95. The summed E-state index contributed by atoms with van der Waals surface area (Å²) in [4.78, 5) is 14.1. The molecule has 1 rings (SSSR count). The van der Waals surface area contributed by atoms with Crippen LogP contribution >= 0.6 is 0 Å². The maximum atomic E-state index is 12.5. The smallest absolute Gasteiger partial charge is 0.254 e. The third kappa shape index (κ3) is 3.42. The third-order valence-electron chi connectivity index (χ3n) is 3.22. The predicted molar refractivity (Wildman–Crippen MR) is 77.5 cm³/mol. The largest absolute Gasteiger partial charge is 0.496 e. The fraction of sp³-hybridized carbons (Fsp3) is 0.533. The Bertz CT molecular complexity index is 446. The predicted octanol–water partition coefficient (Wildman–Crippen LogP) is 1.86. The van der Waals surface area contributed by atoms with E-state index in [2.05, 4.69) is 0 Å². The summed E-state index contributed by atoms with van der Waals surface area (Å²) >= 11 is 0. The first-order valence-corrected chi connectivity index (χ1v) is 6.60. The van der Waals surface area contributed by atoms with Crippen molar-refractivity contribution in [3.63, 3.8) is 0 Å². The molecule has 1 N–H and O–H groups in total. The third-order valence-corrected chi connectivity index (χ3v) is 3.22. The molecular formula is C15H23NO4. The molecule has 0 spiro atoms. The molecule has 5 nitrogen and oxygen atoms in total. The van der Waals surface area contributed by atoms with E-state index in [0.29, 0.717) is 23.6 Å². The van der Waals surface area contributed by atoms with E-state index in [1.807, 2.05) is 20.8 Å². The van der Waals surface area contributed by atoms with Gasteiger partial charge in [0.2, 0.25) is 0 Å². The van der Waals surface area contributed by atoms with Crippen LogP contribution in [0.15, 0.2) is 12.1 Å². The molecular weight excluding hydrogens is 258 g/mol. The van der Waals surface area contributed by atoms with Gasteiger partial charge < -0.3 is 19.5 Å². The lowest BCUT2D eigenvalue weighted by atomic mass is 10.1. The van der Waals surface area contributed by atoms with Crippen LogP contribution in [0.1, 0.15) is 29.8 Å². The fourth-order valence-corrected chi connectivity index (χ4v) is 2.08. The molecule has 5 heteroatoms. The van der Waals surface area contributed by atoms with Gasteiger partial charge >= 0.3 is 0 Å². The number of carbonyl (C=O) groups is 1. The van der Waals surface area contributed by atoms with Crippen LogP contribution in [0, 0.1) is 6.92 Å². The molecule has 0 aromatic heterocycles. The van der Waals surface area contributed by atoms with Crippen LogP contribution < -0.4 is 9.47 Å². The Morgan fingerprint density at radius 1 is 1.25 bits per heavy atom. The Kier molecular flexibility index (Phi) is 5.82. The molecule has 0 unspecified atom stereocenters. The lowest BCUT2D eigenvalue weighted by Crippen LogP contribution is -2.39. The number of carbonyl (C=O) groups excluding carboxylic acids is 1. The summed E-state index contributed by atoms with van der Waals surface area (Å²) in [5.41, 5.74) is 1.34. The SMILES string of the molecule is COc1cc(C(=O)N(CCO)C(C)C)cc(OC)c1C. The summed E-state index contributed by atoms with van der Waals surface area (Å²) in [7, 11) is 3.12. The van der Waals surface area contributed by atoms with Crippen molar-refractivity contribution >= 4 is 5.91 Å². The normalized spacial score (nSPS) is 10.6.